The molecule has 1 aromatic rings. The van der Waals surface area contributed by atoms with Crippen LogP contribution in [0, 0.1) is 10.1 Å². The molecule has 5 atom stereocenters. The lowest BCUT2D eigenvalue weighted by Gasteiger charge is -2.43. The minimum absolute atomic E-state index is 0.0415. The first-order valence-electron chi connectivity index (χ1n) is 13.0. The van der Waals surface area contributed by atoms with Crippen LogP contribution in [0.2, 0.25) is 0 Å². The highest BCUT2D eigenvalue weighted by Crippen LogP contribution is 2.35. The van der Waals surface area contributed by atoms with Gasteiger partial charge in [-0.05, 0) is 11.6 Å². The highest BCUT2D eigenvalue weighted by atomic mass is 35.5. The van der Waals surface area contributed by atoms with Gasteiger partial charge in [0.25, 0.3) is 0 Å². The van der Waals surface area contributed by atoms with E-state index in [4.69, 9.17) is 44.8 Å². The summed E-state index contributed by atoms with van der Waals surface area (Å²) in [7, 11) is 1.36. The number of likely N-dealkylation sites (N-methyl/N-ethyl adjacent to an activating group) is 1. The summed E-state index contributed by atoms with van der Waals surface area (Å²) in [6.45, 7) is 3.03. The first kappa shape index (κ1) is 36.5. The highest BCUT2D eigenvalue weighted by Gasteiger charge is 2.53. The molecule has 0 unspecified atom stereocenters. The van der Waals surface area contributed by atoms with E-state index in [1.165, 1.54) is 13.1 Å². The van der Waals surface area contributed by atoms with Crippen molar-refractivity contribution in [2.75, 3.05) is 26.8 Å². The third-order valence-corrected chi connectivity index (χ3v) is 5.84. The van der Waals surface area contributed by atoms with Crippen LogP contribution < -0.4 is 4.74 Å². The van der Waals surface area contributed by atoms with Gasteiger partial charge < -0.3 is 42.8 Å². The largest absolute Gasteiger partial charge is 0.463 e. The number of esters is 4. The average Bonchev–Trinajstić information content (AvgIpc) is 2.93. The fourth-order valence-electron chi connectivity index (χ4n) is 3.91. The molecule has 1 fully saturated rings. The Hall–Kier alpha value is -4.71. The summed E-state index contributed by atoms with van der Waals surface area (Å²) in [5, 5.41) is 12.0. The van der Waals surface area contributed by atoms with Crippen LogP contribution >= 0.6 is 11.6 Å². The second-order valence-electron chi connectivity index (χ2n) is 9.31. The zero-order valence-electron chi connectivity index (χ0n) is 24.8. The van der Waals surface area contributed by atoms with E-state index < -0.39 is 95.7 Å². The van der Waals surface area contributed by atoms with E-state index in [-0.39, 0.29) is 18.7 Å². The molecule has 1 heterocycles. The number of hydrogen-bond acceptors (Lipinski definition) is 16. The summed E-state index contributed by atoms with van der Waals surface area (Å²) in [6.07, 6.45) is -8.54. The Labute approximate surface area is 260 Å². The number of nitro benzene ring substituents is 1. The van der Waals surface area contributed by atoms with Crippen LogP contribution in [0.1, 0.15) is 33.3 Å². The molecule has 0 bridgehead atoms. The van der Waals surface area contributed by atoms with Crippen molar-refractivity contribution < 1.29 is 71.6 Å². The number of benzene rings is 1. The maximum Gasteiger partial charge on any atom is 0.409 e. The molecule has 1 amide bonds. The second-order valence-corrected chi connectivity index (χ2v) is 9.62. The first-order chi connectivity index (χ1) is 21.1. The van der Waals surface area contributed by atoms with Crippen molar-refractivity contribution in [1.82, 2.24) is 4.90 Å². The van der Waals surface area contributed by atoms with E-state index in [0.29, 0.717) is 0 Å². The lowest BCUT2D eigenvalue weighted by atomic mass is 9.98. The number of nitrogens with zero attached hydrogens (tertiary/aromatic N) is 2. The standard InChI is InChI=1S/C26H31ClN2O16/c1-13(30)39-12-20-21(41-14(2)31)22(42-15(3)32)23(43-16(4)33)24(45-20)44-19-7-6-17(10-18(19)29(36)37)11-40-26(35)28(5)8-9-38-25(27)34/h6-7,10,20-24H,8-9,11-12H2,1-5H3/t20-,21+,22+,23-,24-/m1/s1. The van der Waals surface area contributed by atoms with Crippen molar-refractivity contribution >= 4 is 52.7 Å². The van der Waals surface area contributed by atoms with Crippen molar-refractivity contribution in [2.45, 2.75) is 65.0 Å². The Bertz CT molecular complexity index is 1290. The van der Waals surface area contributed by atoms with E-state index in [9.17, 15) is 38.9 Å². The molecular weight excluding hydrogens is 632 g/mol. The van der Waals surface area contributed by atoms with Crippen LogP contribution in [0.3, 0.4) is 0 Å². The van der Waals surface area contributed by atoms with E-state index in [2.05, 4.69) is 4.74 Å². The molecule has 1 saturated heterocycles. The number of nitro groups is 1. The van der Waals surface area contributed by atoms with E-state index in [1.54, 1.807) is 0 Å². The van der Waals surface area contributed by atoms with Gasteiger partial charge in [-0.1, -0.05) is 6.07 Å². The number of ether oxygens (including phenoxy) is 8. The molecule has 1 aromatic carbocycles. The van der Waals surface area contributed by atoms with Crippen molar-refractivity contribution in [3.05, 3.63) is 33.9 Å². The van der Waals surface area contributed by atoms with Crippen molar-refractivity contribution in [1.29, 1.82) is 0 Å². The van der Waals surface area contributed by atoms with Crippen LogP contribution in [0.15, 0.2) is 18.2 Å². The molecule has 1 aliphatic heterocycles. The van der Waals surface area contributed by atoms with Crippen LogP contribution in [-0.2, 0) is 58.9 Å². The molecule has 19 heteroatoms. The summed E-state index contributed by atoms with van der Waals surface area (Å²) in [5.74, 6) is -3.76. The summed E-state index contributed by atoms with van der Waals surface area (Å²) in [6, 6.07) is 3.53. The van der Waals surface area contributed by atoms with Gasteiger partial charge in [-0.25, -0.2) is 9.59 Å². The maximum atomic E-state index is 12.2. The fourth-order valence-corrected chi connectivity index (χ4v) is 3.99. The Morgan fingerprint density at radius 1 is 0.889 bits per heavy atom. The maximum absolute atomic E-state index is 12.2. The van der Waals surface area contributed by atoms with Crippen molar-refractivity contribution in [3.8, 4) is 5.75 Å². The lowest BCUT2D eigenvalue weighted by molar-refractivity contribution is -0.387. The monoisotopic (exact) mass is 662 g/mol. The third-order valence-electron chi connectivity index (χ3n) is 5.73. The van der Waals surface area contributed by atoms with E-state index >= 15 is 0 Å². The minimum atomic E-state index is -1.72. The zero-order valence-corrected chi connectivity index (χ0v) is 25.5. The van der Waals surface area contributed by atoms with Gasteiger partial charge in [0.1, 0.15) is 25.9 Å². The van der Waals surface area contributed by atoms with Crippen molar-refractivity contribution in [3.63, 3.8) is 0 Å². The van der Waals surface area contributed by atoms with Crippen LogP contribution in [0.4, 0.5) is 15.3 Å². The number of amides is 1. The fraction of sp³-hybridized carbons (Fsp3) is 0.538. The van der Waals surface area contributed by atoms with Crippen LogP contribution in [-0.4, -0.2) is 103 Å². The van der Waals surface area contributed by atoms with Crippen LogP contribution in [0.5, 0.6) is 5.75 Å². The topological polar surface area (TPSA) is 223 Å². The van der Waals surface area contributed by atoms with Gasteiger partial charge in [0, 0.05) is 52.4 Å². The molecule has 0 saturated carbocycles. The molecule has 0 radical (unpaired) electrons. The Kier molecular flexibility index (Phi) is 13.7. The number of halogens is 1. The van der Waals surface area contributed by atoms with E-state index in [0.717, 1.165) is 44.7 Å². The predicted octanol–water partition coefficient (Wildman–Crippen LogP) is 2.00. The van der Waals surface area contributed by atoms with Crippen molar-refractivity contribution in [2.24, 2.45) is 0 Å². The molecule has 2 rings (SSSR count). The van der Waals surface area contributed by atoms with Gasteiger partial charge in [-0.15, -0.1) is 0 Å². The van der Waals surface area contributed by atoms with Gasteiger partial charge in [-0.3, -0.25) is 29.3 Å². The lowest BCUT2D eigenvalue weighted by Crippen LogP contribution is -2.63. The second kappa shape index (κ2) is 17.0. The van der Waals surface area contributed by atoms with Gasteiger partial charge in [-0.2, -0.15) is 0 Å². The predicted molar refractivity (Wildman–Crippen MR) is 146 cm³/mol. The molecule has 45 heavy (non-hydrogen) atoms. The average molecular weight is 663 g/mol. The molecule has 0 spiro atoms. The molecule has 0 aromatic heterocycles. The zero-order chi connectivity index (χ0) is 33.8. The normalized spacial score (nSPS) is 20.5. The summed E-state index contributed by atoms with van der Waals surface area (Å²) < 4.78 is 42.1. The van der Waals surface area contributed by atoms with Crippen LogP contribution in [0.25, 0.3) is 0 Å². The number of hydrogen-bond donors (Lipinski definition) is 0. The Morgan fingerprint density at radius 2 is 1.49 bits per heavy atom. The minimum Gasteiger partial charge on any atom is -0.463 e. The third kappa shape index (κ3) is 11.7. The Balaban J connectivity index is 2.37. The first-order valence-corrected chi connectivity index (χ1v) is 13.4. The van der Waals surface area contributed by atoms with Gasteiger partial charge in [0.15, 0.2) is 18.0 Å². The van der Waals surface area contributed by atoms with Gasteiger partial charge in [0.2, 0.25) is 12.4 Å². The number of carbonyl (C=O) groups is 6. The van der Waals surface area contributed by atoms with Gasteiger partial charge >= 0.3 is 41.1 Å². The molecule has 18 nitrogen and oxygen atoms in total. The van der Waals surface area contributed by atoms with Gasteiger partial charge in [0.05, 0.1) is 11.5 Å². The summed E-state index contributed by atoms with van der Waals surface area (Å²) in [4.78, 5) is 82.5. The molecule has 0 N–H and O–H groups in total. The molecular formula is C26H31ClN2O16. The smallest absolute Gasteiger partial charge is 0.409 e. The highest BCUT2D eigenvalue weighted by molar-refractivity contribution is 6.61. The summed E-state index contributed by atoms with van der Waals surface area (Å²) >= 11 is 5.06. The number of carbonyl (C=O) groups excluding carboxylic acids is 6. The molecule has 0 aliphatic carbocycles. The summed E-state index contributed by atoms with van der Waals surface area (Å²) in [5.41, 5.74) is -1.50. The SMILES string of the molecule is CC(=O)OC[C@H]1O[C@@H](Oc2ccc(COC(=O)N(C)CCOC(=O)Cl)cc2[N+](=O)[O-])[C@H](OC(C)=O)[C@@H](OC(C)=O)[C@H]1OC(C)=O. The molecule has 1 aliphatic rings. The molecule has 248 valence electrons. The quantitative estimate of drug-likeness (QED) is 0.0968. The van der Waals surface area contributed by atoms with E-state index in [1.807, 2.05) is 0 Å². The Morgan fingerprint density at radius 3 is 2.04 bits per heavy atom. The number of rotatable bonds is 13.